The first-order valence-corrected chi connectivity index (χ1v) is 8.08. The number of hydrogen-bond acceptors (Lipinski definition) is 4. The van der Waals surface area contributed by atoms with Gasteiger partial charge in [-0.2, -0.15) is 0 Å². The van der Waals surface area contributed by atoms with Crippen LogP contribution < -0.4 is 5.32 Å². The lowest BCUT2D eigenvalue weighted by atomic mass is 10.1. The van der Waals surface area contributed by atoms with Crippen LogP contribution in [0.2, 0.25) is 0 Å². The van der Waals surface area contributed by atoms with Crippen LogP contribution in [0, 0.1) is 5.82 Å². The molecule has 114 valence electrons. The lowest BCUT2D eigenvalue weighted by Crippen LogP contribution is -2.39. The Bertz CT molecular complexity index is 686. The number of carboxylic acids is 1. The number of aromatic carboxylic acids is 1. The number of anilines is 1. The summed E-state index contributed by atoms with van der Waals surface area (Å²) in [7, 11) is -3.57. The zero-order chi connectivity index (χ0) is 15.6. The number of carbonyl (C=O) groups excluding carboxylic acids is 1. The quantitative estimate of drug-likeness (QED) is 0.879. The Labute approximate surface area is 120 Å². The molecule has 0 radical (unpaired) electrons. The molecule has 2 N–H and O–H groups in total. The molecule has 6 nitrogen and oxygen atoms in total. The van der Waals surface area contributed by atoms with Gasteiger partial charge in [-0.3, -0.25) is 4.79 Å². The molecule has 1 heterocycles. The number of nitrogens with one attached hydrogen (secondary N) is 1. The van der Waals surface area contributed by atoms with E-state index in [1.165, 1.54) is 6.07 Å². The van der Waals surface area contributed by atoms with Crippen LogP contribution in [0.15, 0.2) is 18.2 Å². The first kappa shape index (κ1) is 15.4. The number of carbonyl (C=O) groups is 2. The number of amides is 1. The van der Waals surface area contributed by atoms with Crippen LogP contribution in [0.3, 0.4) is 0 Å². The number of rotatable bonds is 3. The summed E-state index contributed by atoms with van der Waals surface area (Å²) in [4.78, 5) is 23.1. The molecule has 21 heavy (non-hydrogen) atoms. The minimum atomic E-state index is -3.57. The summed E-state index contributed by atoms with van der Waals surface area (Å²) in [6, 6.07) is 3.33. The van der Waals surface area contributed by atoms with E-state index in [1.807, 2.05) is 0 Å². The van der Waals surface area contributed by atoms with Crippen molar-refractivity contribution in [2.24, 2.45) is 0 Å². The maximum Gasteiger partial charge on any atom is 0.337 e. The SMILES string of the molecule is O=C(O)c1cccc(F)c1NC(=O)C1CCCCS1(=O)=O. The van der Waals surface area contributed by atoms with Crippen molar-refractivity contribution in [1.82, 2.24) is 0 Å². The standard InChI is InChI=1S/C13H14FNO5S/c14-9-5-3-4-8(13(17)18)11(9)15-12(16)10-6-1-2-7-21(10,19)20/h3-5,10H,1-2,6-7H2,(H,15,16)(H,17,18). The number of para-hydroxylation sites is 1. The second-order valence-electron chi connectivity index (χ2n) is 4.81. The normalized spacial score (nSPS) is 20.7. The molecule has 0 spiro atoms. The van der Waals surface area contributed by atoms with Gasteiger partial charge in [-0.15, -0.1) is 0 Å². The van der Waals surface area contributed by atoms with Crippen molar-refractivity contribution in [2.75, 3.05) is 11.1 Å². The molecule has 1 amide bonds. The molecule has 0 bridgehead atoms. The van der Waals surface area contributed by atoms with Gasteiger partial charge in [-0.05, 0) is 25.0 Å². The molecule has 1 aliphatic rings. The first-order chi connectivity index (χ1) is 9.83. The van der Waals surface area contributed by atoms with E-state index in [-0.39, 0.29) is 12.2 Å². The third-order valence-electron chi connectivity index (χ3n) is 3.36. The van der Waals surface area contributed by atoms with Crippen LogP contribution in [0.4, 0.5) is 10.1 Å². The van der Waals surface area contributed by atoms with E-state index in [4.69, 9.17) is 5.11 Å². The van der Waals surface area contributed by atoms with Crippen molar-refractivity contribution in [1.29, 1.82) is 0 Å². The van der Waals surface area contributed by atoms with E-state index < -0.39 is 44.0 Å². The second kappa shape index (κ2) is 5.80. The number of benzene rings is 1. The second-order valence-corrected chi connectivity index (χ2v) is 7.11. The third kappa shape index (κ3) is 3.21. The molecule has 2 rings (SSSR count). The molecule has 1 aromatic carbocycles. The molecular weight excluding hydrogens is 301 g/mol. The van der Waals surface area contributed by atoms with Crippen molar-refractivity contribution in [3.8, 4) is 0 Å². The average Bonchev–Trinajstić information content (AvgIpc) is 2.40. The number of sulfone groups is 1. The highest BCUT2D eigenvalue weighted by Gasteiger charge is 2.35. The Balaban J connectivity index is 2.30. The fourth-order valence-electron chi connectivity index (χ4n) is 2.28. The smallest absolute Gasteiger partial charge is 0.337 e. The Kier molecular flexibility index (Phi) is 4.26. The molecule has 1 fully saturated rings. The maximum absolute atomic E-state index is 13.7. The molecule has 0 aromatic heterocycles. The Morgan fingerprint density at radius 3 is 2.62 bits per heavy atom. The van der Waals surface area contributed by atoms with Gasteiger partial charge in [0.25, 0.3) is 0 Å². The van der Waals surface area contributed by atoms with Crippen LogP contribution in [0.5, 0.6) is 0 Å². The first-order valence-electron chi connectivity index (χ1n) is 6.37. The summed E-state index contributed by atoms with van der Waals surface area (Å²) in [5.41, 5.74) is -0.924. The molecule has 1 unspecified atom stereocenters. The zero-order valence-corrected chi connectivity index (χ0v) is 11.8. The molecule has 1 atom stereocenters. The van der Waals surface area contributed by atoms with Crippen molar-refractivity contribution in [3.05, 3.63) is 29.6 Å². The van der Waals surface area contributed by atoms with Crippen LogP contribution >= 0.6 is 0 Å². The minimum absolute atomic E-state index is 0.0891. The summed E-state index contributed by atoms with van der Waals surface area (Å²) in [6.45, 7) is 0. The lowest BCUT2D eigenvalue weighted by Gasteiger charge is -2.21. The summed E-state index contributed by atoms with van der Waals surface area (Å²) < 4.78 is 37.4. The summed E-state index contributed by atoms with van der Waals surface area (Å²) >= 11 is 0. The fourth-order valence-corrected chi connectivity index (χ4v) is 4.08. The van der Waals surface area contributed by atoms with Gasteiger partial charge in [0.2, 0.25) is 5.91 Å². The van der Waals surface area contributed by atoms with Crippen molar-refractivity contribution in [3.63, 3.8) is 0 Å². The van der Waals surface area contributed by atoms with Crippen LogP contribution in [0.25, 0.3) is 0 Å². The van der Waals surface area contributed by atoms with Gasteiger partial charge >= 0.3 is 5.97 Å². The van der Waals surface area contributed by atoms with Gasteiger partial charge in [0, 0.05) is 0 Å². The predicted octanol–water partition coefficient (Wildman–Crippen LogP) is 1.43. The fraction of sp³-hybridized carbons (Fsp3) is 0.385. The summed E-state index contributed by atoms with van der Waals surface area (Å²) in [5, 5.41) is 9.83. The topological polar surface area (TPSA) is 101 Å². The lowest BCUT2D eigenvalue weighted by molar-refractivity contribution is -0.116. The van der Waals surface area contributed by atoms with Gasteiger partial charge in [0.15, 0.2) is 9.84 Å². The molecular formula is C13H14FNO5S. The monoisotopic (exact) mass is 315 g/mol. The molecule has 0 saturated carbocycles. The highest BCUT2D eigenvalue weighted by Crippen LogP contribution is 2.24. The zero-order valence-electron chi connectivity index (χ0n) is 11.0. The van der Waals surface area contributed by atoms with Gasteiger partial charge in [-0.1, -0.05) is 12.5 Å². The largest absolute Gasteiger partial charge is 0.478 e. The van der Waals surface area contributed by atoms with E-state index in [2.05, 4.69) is 5.32 Å². The van der Waals surface area contributed by atoms with E-state index in [0.717, 1.165) is 12.1 Å². The van der Waals surface area contributed by atoms with Crippen molar-refractivity contribution in [2.45, 2.75) is 24.5 Å². The number of carboxylic acid groups (broad SMARTS) is 1. The Hall–Kier alpha value is -1.96. The maximum atomic E-state index is 13.7. The van der Waals surface area contributed by atoms with Crippen LogP contribution in [-0.2, 0) is 14.6 Å². The van der Waals surface area contributed by atoms with Crippen molar-refractivity contribution >= 4 is 27.4 Å². The van der Waals surface area contributed by atoms with Crippen LogP contribution in [0.1, 0.15) is 29.6 Å². The van der Waals surface area contributed by atoms with Gasteiger partial charge in [-0.25, -0.2) is 17.6 Å². The molecule has 1 aromatic rings. The highest BCUT2D eigenvalue weighted by molar-refractivity contribution is 7.92. The molecule has 1 aliphatic heterocycles. The minimum Gasteiger partial charge on any atom is -0.478 e. The van der Waals surface area contributed by atoms with Crippen LogP contribution in [-0.4, -0.2) is 36.4 Å². The molecule has 1 saturated heterocycles. The van der Waals surface area contributed by atoms with E-state index in [1.54, 1.807) is 0 Å². The summed E-state index contributed by atoms with van der Waals surface area (Å²) in [5.74, 6) is -3.30. The number of halogens is 1. The molecule has 8 heteroatoms. The molecule has 0 aliphatic carbocycles. The summed E-state index contributed by atoms with van der Waals surface area (Å²) in [6.07, 6.45) is 1.23. The van der Waals surface area contributed by atoms with E-state index in [9.17, 15) is 22.4 Å². The average molecular weight is 315 g/mol. The number of hydrogen-bond donors (Lipinski definition) is 2. The Morgan fingerprint density at radius 2 is 2.00 bits per heavy atom. The van der Waals surface area contributed by atoms with E-state index in [0.29, 0.717) is 12.8 Å². The Morgan fingerprint density at radius 1 is 1.29 bits per heavy atom. The third-order valence-corrected chi connectivity index (χ3v) is 5.54. The van der Waals surface area contributed by atoms with Gasteiger partial charge in [0.05, 0.1) is 17.0 Å². The van der Waals surface area contributed by atoms with Gasteiger partial charge in [0.1, 0.15) is 11.1 Å². The van der Waals surface area contributed by atoms with Crippen molar-refractivity contribution < 1.29 is 27.5 Å². The van der Waals surface area contributed by atoms with E-state index >= 15 is 0 Å². The highest BCUT2D eigenvalue weighted by atomic mass is 32.2. The predicted molar refractivity (Wildman–Crippen MR) is 73.4 cm³/mol. The van der Waals surface area contributed by atoms with Gasteiger partial charge < -0.3 is 10.4 Å².